The number of pyridine rings is 1. The van der Waals surface area contributed by atoms with Crippen LogP contribution in [0.1, 0.15) is 5.56 Å². The van der Waals surface area contributed by atoms with E-state index in [0.29, 0.717) is 27.6 Å². The van der Waals surface area contributed by atoms with Gasteiger partial charge in [0.2, 0.25) is 0 Å². The Labute approximate surface area is 145 Å². The predicted molar refractivity (Wildman–Crippen MR) is 95.8 cm³/mol. The first-order valence-electron chi connectivity index (χ1n) is 7.23. The molecule has 0 aliphatic heterocycles. The molecule has 0 bridgehead atoms. The van der Waals surface area contributed by atoms with Crippen molar-refractivity contribution in [2.75, 3.05) is 12.8 Å². The van der Waals surface area contributed by atoms with Gasteiger partial charge in [-0.25, -0.2) is 4.98 Å². The summed E-state index contributed by atoms with van der Waals surface area (Å²) in [5, 5.41) is 10.1. The number of hydrogen-bond donors (Lipinski definition) is 1. The molecule has 0 aliphatic carbocycles. The van der Waals surface area contributed by atoms with Crippen LogP contribution in [-0.2, 0) is 0 Å². The van der Waals surface area contributed by atoms with Crippen molar-refractivity contribution < 1.29 is 4.74 Å². The lowest BCUT2D eigenvalue weighted by molar-refractivity contribution is 0.415. The van der Waals surface area contributed by atoms with Crippen molar-refractivity contribution in [2.45, 2.75) is 0 Å². The van der Waals surface area contributed by atoms with Gasteiger partial charge in [0.15, 0.2) is 0 Å². The maximum atomic E-state index is 9.47. The fraction of sp³-hybridized carbons (Fsp3) is 0.0526. The van der Waals surface area contributed by atoms with Crippen molar-refractivity contribution in [3.63, 3.8) is 0 Å². The van der Waals surface area contributed by atoms with Crippen LogP contribution in [0, 0.1) is 11.3 Å². The standard InChI is InChI=1S/C19H14ClN3O/c1-24-15-4-2-3-13(9-15)16-10-18(23-19(22)17(16)11-21)12-5-7-14(20)8-6-12/h2-10H,1H3,(H2,22,23). The number of nitrogens with zero attached hydrogens (tertiary/aromatic N) is 2. The molecule has 0 saturated heterocycles. The Balaban J connectivity index is 2.20. The zero-order chi connectivity index (χ0) is 17.1. The number of rotatable bonds is 3. The van der Waals surface area contributed by atoms with Crippen molar-refractivity contribution in [2.24, 2.45) is 0 Å². The summed E-state index contributed by atoms with van der Waals surface area (Å²) < 4.78 is 5.26. The largest absolute Gasteiger partial charge is 0.497 e. The van der Waals surface area contributed by atoms with Crippen LogP contribution in [0.2, 0.25) is 5.02 Å². The second-order valence-electron chi connectivity index (χ2n) is 5.17. The van der Waals surface area contributed by atoms with Crippen LogP contribution < -0.4 is 10.5 Å². The molecule has 0 fully saturated rings. The van der Waals surface area contributed by atoms with Crippen molar-refractivity contribution >= 4 is 17.4 Å². The molecule has 118 valence electrons. The molecule has 0 atom stereocenters. The summed E-state index contributed by atoms with van der Waals surface area (Å²) in [5.41, 5.74) is 9.48. The maximum Gasteiger partial charge on any atom is 0.142 e. The van der Waals surface area contributed by atoms with Gasteiger partial charge in [-0.05, 0) is 35.9 Å². The molecule has 0 amide bonds. The summed E-state index contributed by atoms with van der Waals surface area (Å²) in [6.45, 7) is 0. The fourth-order valence-corrected chi connectivity index (χ4v) is 2.60. The highest BCUT2D eigenvalue weighted by molar-refractivity contribution is 6.30. The Kier molecular flexibility index (Phi) is 4.37. The Hall–Kier alpha value is -3.03. The maximum absolute atomic E-state index is 9.47. The summed E-state index contributed by atoms with van der Waals surface area (Å²) in [6, 6.07) is 18.8. The first-order chi connectivity index (χ1) is 11.6. The second kappa shape index (κ2) is 6.61. The van der Waals surface area contributed by atoms with Crippen LogP contribution in [0.3, 0.4) is 0 Å². The summed E-state index contributed by atoms with van der Waals surface area (Å²) in [6.07, 6.45) is 0. The second-order valence-corrected chi connectivity index (χ2v) is 5.60. The van der Waals surface area contributed by atoms with Gasteiger partial charge in [0.25, 0.3) is 0 Å². The molecular weight excluding hydrogens is 322 g/mol. The quantitative estimate of drug-likeness (QED) is 0.763. The molecule has 0 radical (unpaired) electrons. The van der Waals surface area contributed by atoms with Crippen LogP contribution in [0.15, 0.2) is 54.6 Å². The molecule has 0 saturated carbocycles. The molecule has 3 aromatic rings. The third-order valence-corrected chi connectivity index (χ3v) is 3.93. The summed E-state index contributed by atoms with van der Waals surface area (Å²) in [5.74, 6) is 0.905. The van der Waals surface area contributed by atoms with Crippen LogP contribution >= 0.6 is 11.6 Å². The molecule has 3 rings (SSSR count). The summed E-state index contributed by atoms with van der Waals surface area (Å²) >= 11 is 5.94. The number of aromatic nitrogens is 1. The number of nitriles is 1. The zero-order valence-corrected chi connectivity index (χ0v) is 13.7. The topological polar surface area (TPSA) is 71.9 Å². The Morgan fingerprint density at radius 1 is 1.08 bits per heavy atom. The number of hydrogen-bond acceptors (Lipinski definition) is 4. The molecule has 5 heteroatoms. The van der Waals surface area contributed by atoms with Gasteiger partial charge in [-0.1, -0.05) is 35.9 Å². The highest BCUT2D eigenvalue weighted by Crippen LogP contribution is 2.33. The van der Waals surface area contributed by atoms with Gasteiger partial charge in [-0.2, -0.15) is 5.26 Å². The molecule has 2 N–H and O–H groups in total. The highest BCUT2D eigenvalue weighted by Gasteiger charge is 2.14. The predicted octanol–water partition coefficient (Wildman–Crippen LogP) is 4.53. The molecule has 1 aromatic heterocycles. The number of methoxy groups -OCH3 is 1. The highest BCUT2D eigenvalue weighted by atomic mass is 35.5. The van der Waals surface area contributed by atoms with Gasteiger partial charge in [0.05, 0.1) is 12.8 Å². The third kappa shape index (κ3) is 3.03. The number of halogens is 1. The number of nitrogen functional groups attached to an aromatic ring is 1. The molecule has 4 nitrogen and oxygen atoms in total. The lowest BCUT2D eigenvalue weighted by atomic mass is 9.98. The average molecular weight is 336 g/mol. The van der Waals surface area contributed by atoms with E-state index < -0.39 is 0 Å². The lowest BCUT2D eigenvalue weighted by Crippen LogP contribution is -2.00. The van der Waals surface area contributed by atoms with E-state index in [2.05, 4.69) is 11.1 Å². The van der Waals surface area contributed by atoms with Crippen LogP contribution in [0.5, 0.6) is 5.75 Å². The molecule has 24 heavy (non-hydrogen) atoms. The van der Waals surface area contributed by atoms with E-state index in [9.17, 15) is 5.26 Å². The minimum absolute atomic E-state index is 0.197. The molecule has 0 aliphatic rings. The van der Waals surface area contributed by atoms with Gasteiger partial charge in [0.1, 0.15) is 23.2 Å². The van der Waals surface area contributed by atoms with Crippen molar-refractivity contribution in [3.05, 3.63) is 65.2 Å². The van der Waals surface area contributed by atoms with Crippen LogP contribution in [0.25, 0.3) is 22.4 Å². The Bertz CT molecular complexity index is 930. The van der Waals surface area contributed by atoms with E-state index in [0.717, 1.165) is 11.1 Å². The third-order valence-electron chi connectivity index (χ3n) is 3.68. The number of ether oxygens (including phenoxy) is 1. The van der Waals surface area contributed by atoms with E-state index in [4.69, 9.17) is 22.1 Å². The molecule has 1 heterocycles. The summed E-state index contributed by atoms with van der Waals surface area (Å²) in [7, 11) is 1.60. The first kappa shape index (κ1) is 15.9. The van der Waals surface area contributed by atoms with Crippen LogP contribution in [0.4, 0.5) is 5.82 Å². The molecule has 0 unspecified atom stereocenters. The molecule has 2 aromatic carbocycles. The number of anilines is 1. The van der Waals surface area contributed by atoms with Gasteiger partial charge in [-0.15, -0.1) is 0 Å². The van der Waals surface area contributed by atoms with Crippen molar-refractivity contribution in [3.8, 4) is 34.2 Å². The fourth-order valence-electron chi connectivity index (χ4n) is 2.47. The van der Waals surface area contributed by atoms with E-state index in [1.54, 1.807) is 19.2 Å². The number of benzene rings is 2. The van der Waals surface area contributed by atoms with E-state index in [1.165, 1.54) is 0 Å². The normalized spacial score (nSPS) is 10.2. The van der Waals surface area contributed by atoms with Crippen molar-refractivity contribution in [1.29, 1.82) is 5.26 Å². The van der Waals surface area contributed by atoms with E-state index >= 15 is 0 Å². The minimum Gasteiger partial charge on any atom is -0.497 e. The monoisotopic (exact) mass is 335 g/mol. The smallest absolute Gasteiger partial charge is 0.142 e. The summed E-state index contributed by atoms with van der Waals surface area (Å²) in [4.78, 5) is 4.35. The first-order valence-corrected chi connectivity index (χ1v) is 7.61. The Morgan fingerprint density at radius 2 is 1.83 bits per heavy atom. The molecular formula is C19H14ClN3O. The van der Waals surface area contributed by atoms with Crippen LogP contribution in [-0.4, -0.2) is 12.1 Å². The van der Waals surface area contributed by atoms with E-state index in [1.807, 2.05) is 42.5 Å². The number of nitrogens with two attached hydrogens (primary N) is 1. The van der Waals surface area contributed by atoms with Gasteiger partial charge in [0, 0.05) is 16.1 Å². The van der Waals surface area contributed by atoms with Gasteiger partial charge >= 0.3 is 0 Å². The minimum atomic E-state index is 0.197. The van der Waals surface area contributed by atoms with Gasteiger partial charge < -0.3 is 10.5 Å². The molecule has 0 spiro atoms. The van der Waals surface area contributed by atoms with Crippen molar-refractivity contribution in [1.82, 2.24) is 4.98 Å². The zero-order valence-electron chi connectivity index (χ0n) is 13.0. The van der Waals surface area contributed by atoms with E-state index in [-0.39, 0.29) is 5.82 Å². The Morgan fingerprint density at radius 3 is 2.50 bits per heavy atom. The lowest BCUT2D eigenvalue weighted by Gasteiger charge is -2.11. The average Bonchev–Trinajstić information content (AvgIpc) is 2.61. The van der Waals surface area contributed by atoms with Gasteiger partial charge in [-0.3, -0.25) is 0 Å². The SMILES string of the molecule is COc1cccc(-c2cc(-c3ccc(Cl)cc3)nc(N)c2C#N)c1.